The van der Waals surface area contributed by atoms with Crippen molar-refractivity contribution in [2.24, 2.45) is 0 Å². The van der Waals surface area contributed by atoms with Crippen LogP contribution in [0.5, 0.6) is 5.75 Å². The second-order valence-electron chi connectivity index (χ2n) is 4.09. The maximum atomic E-state index is 13.5. The van der Waals surface area contributed by atoms with E-state index in [0.29, 0.717) is 11.8 Å². The van der Waals surface area contributed by atoms with Crippen LogP contribution in [-0.4, -0.2) is 11.0 Å². The highest BCUT2D eigenvalue weighted by Gasteiger charge is 2.14. The summed E-state index contributed by atoms with van der Waals surface area (Å²) in [6.45, 7) is 1.44. The number of nitrogens with one attached hydrogen (secondary N) is 1. The van der Waals surface area contributed by atoms with Crippen LogP contribution in [0.2, 0.25) is 0 Å². The van der Waals surface area contributed by atoms with Gasteiger partial charge in [-0.15, -0.1) is 0 Å². The summed E-state index contributed by atoms with van der Waals surface area (Å²) in [5.41, 5.74) is 0.260. The van der Waals surface area contributed by atoms with Crippen LogP contribution in [0.1, 0.15) is 15.9 Å². The van der Waals surface area contributed by atoms with Crippen molar-refractivity contribution in [1.82, 2.24) is 0 Å². The first-order valence-corrected chi connectivity index (χ1v) is 5.53. The van der Waals surface area contributed by atoms with E-state index in [-0.39, 0.29) is 16.9 Å². The lowest BCUT2D eigenvalue weighted by Gasteiger charge is -2.07. The zero-order valence-corrected chi connectivity index (χ0v) is 10.1. The van der Waals surface area contributed by atoms with E-state index in [1.807, 2.05) is 0 Å². The molecule has 0 aromatic heterocycles. The van der Waals surface area contributed by atoms with E-state index >= 15 is 0 Å². The highest BCUT2D eigenvalue weighted by atomic mass is 19.1. The van der Waals surface area contributed by atoms with Gasteiger partial charge < -0.3 is 10.4 Å². The summed E-state index contributed by atoms with van der Waals surface area (Å²) in [5.74, 6) is -2.35. The van der Waals surface area contributed by atoms with E-state index in [2.05, 4.69) is 5.32 Å². The molecule has 0 radical (unpaired) electrons. The van der Waals surface area contributed by atoms with Gasteiger partial charge in [0.2, 0.25) is 0 Å². The van der Waals surface area contributed by atoms with Crippen LogP contribution in [0.4, 0.5) is 14.5 Å². The van der Waals surface area contributed by atoms with Crippen molar-refractivity contribution in [1.29, 1.82) is 0 Å². The monoisotopic (exact) mass is 263 g/mol. The highest BCUT2D eigenvalue weighted by Crippen LogP contribution is 2.19. The van der Waals surface area contributed by atoms with E-state index in [0.717, 1.165) is 6.07 Å². The summed E-state index contributed by atoms with van der Waals surface area (Å²) >= 11 is 0. The molecule has 0 unspecified atom stereocenters. The Morgan fingerprint density at radius 2 is 1.89 bits per heavy atom. The Hall–Kier alpha value is -2.43. The third-order valence-electron chi connectivity index (χ3n) is 2.60. The normalized spacial score (nSPS) is 10.3. The molecule has 5 heteroatoms. The first-order chi connectivity index (χ1) is 8.97. The molecule has 0 bridgehead atoms. The Morgan fingerprint density at radius 1 is 1.16 bits per heavy atom. The molecule has 0 aliphatic carbocycles. The summed E-state index contributed by atoms with van der Waals surface area (Å²) in [5, 5.41) is 11.7. The lowest BCUT2D eigenvalue weighted by molar-refractivity contribution is 0.102. The molecule has 2 aromatic carbocycles. The van der Waals surface area contributed by atoms with Gasteiger partial charge in [-0.25, -0.2) is 8.78 Å². The minimum Gasteiger partial charge on any atom is -0.508 e. The molecule has 0 spiro atoms. The molecule has 2 N–H and O–H groups in total. The molecule has 0 atom stereocenters. The smallest absolute Gasteiger partial charge is 0.258 e. The quantitative estimate of drug-likeness (QED) is 0.873. The largest absolute Gasteiger partial charge is 0.508 e. The topological polar surface area (TPSA) is 49.3 Å². The molecular formula is C14H11F2NO2. The standard InChI is InChI=1S/C14H11F2NO2/c1-8-5-11(13(16)7-12(8)15)14(19)17-9-3-2-4-10(18)6-9/h2-7,18H,1H3,(H,17,19). The van der Waals surface area contributed by atoms with Crippen molar-refractivity contribution in [3.8, 4) is 5.75 Å². The van der Waals surface area contributed by atoms with Crippen molar-refractivity contribution in [3.63, 3.8) is 0 Å². The molecule has 98 valence electrons. The Bertz CT molecular complexity index is 641. The lowest BCUT2D eigenvalue weighted by atomic mass is 10.1. The number of hydrogen-bond acceptors (Lipinski definition) is 2. The second-order valence-corrected chi connectivity index (χ2v) is 4.09. The molecule has 0 heterocycles. The number of benzene rings is 2. The molecule has 19 heavy (non-hydrogen) atoms. The molecule has 0 aliphatic heterocycles. The average molecular weight is 263 g/mol. The van der Waals surface area contributed by atoms with E-state index < -0.39 is 17.5 Å². The van der Waals surface area contributed by atoms with E-state index in [4.69, 9.17) is 0 Å². The molecule has 3 nitrogen and oxygen atoms in total. The maximum absolute atomic E-state index is 13.5. The highest BCUT2D eigenvalue weighted by molar-refractivity contribution is 6.04. The number of anilines is 1. The summed E-state index contributed by atoms with van der Waals surface area (Å²) in [6.07, 6.45) is 0. The van der Waals surface area contributed by atoms with Gasteiger partial charge in [-0.1, -0.05) is 6.07 Å². The van der Waals surface area contributed by atoms with Crippen LogP contribution in [0.3, 0.4) is 0 Å². The Kier molecular flexibility index (Phi) is 3.46. The number of carbonyl (C=O) groups excluding carboxylic acids is 1. The van der Waals surface area contributed by atoms with Crippen LogP contribution >= 0.6 is 0 Å². The third kappa shape index (κ3) is 2.88. The minimum absolute atomic E-state index is 0.0199. The second kappa shape index (κ2) is 5.06. The molecule has 0 aliphatic rings. The first-order valence-electron chi connectivity index (χ1n) is 5.53. The van der Waals surface area contributed by atoms with E-state index in [1.165, 1.54) is 25.1 Å². The lowest BCUT2D eigenvalue weighted by Crippen LogP contribution is -2.14. The minimum atomic E-state index is -0.930. The van der Waals surface area contributed by atoms with Crippen molar-refractivity contribution >= 4 is 11.6 Å². The van der Waals surface area contributed by atoms with Gasteiger partial charge in [-0.3, -0.25) is 4.79 Å². The summed E-state index contributed by atoms with van der Waals surface area (Å²) in [6, 6.07) is 7.67. The van der Waals surface area contributed by atoms with Gasteiger partial charge in [-0.05, 0) is 30.7 Å². The predicted molar refractivity (Wildman–Crippen MR) is 67.2 cm³/mol. The molecule has 1 amide bonds. The molecule has 2 aromatic rings. The fourth-order valence-corrected chi connectivity index (χ4v) is 1.61. The van der Waals surface area contributed by atoms with Crippen LogP contribution in [-0.2, 0) is 0 Å². The Labute approximate surface area is 108 Å². The van der Waals surface area contributed by atoms with Crippen molar-refractivity contribution < 1.29 is 18.7 Å². The number of rotatable bonds is 2. The number of halogens is 2. The van der Waals surface area contributed by atoms with Crippen LogP contribution < -0.4 is 5.32 Å². The number of phenols is 1. The van der Waals surface area contributed by atoms with Crippen molar-refractivity contribution in [2.45, 2.75) is 6.92 Å². The van der Waals surface area contributed by atoms with Gasteiger partial charge in [0.05, 0.1) is 5.56 Å². The SMILES string of the molecule is Cc1cc(C(=O)Nc2cccc(O)c2)c(F)cc1F. The van der Waals surface area contributed by atoms with Gasteiger partial charge in [0.25, 0.3) is 5.91 Å². The summed E-state index contributed by atoms with van der Waals surface area (Å²) in [4.78, 5) is 11.9. The van der Waals surface area contributed by atoms with Crippen LogP contribution in [0.25, 0.3) is 0 Å². The van der Waals surface area contributed by atoms with E-state index in [9.17, 15) is 18.7 Å². The number of amides is 1. The van der Waals surface area contributed by atoms with Crippen molar-refractivity contribution in [3.05, 3.63) is 59.2 Å². The number of hydrogen-bond donors (Lipinski definition) is 2. The predicted octanol–water partition coefficient (Wildman–Crippen LogP) is 3.23. The van der Waals surface area contributed by atoms with Gasteiger partial charge in [-0.2, -0.15) is 0 Å². The number of aromatic hydroxyl groups is 1. The fraction of sp³-hybridized carbons (Fsp3) is 0.0714. The Balaban J connectivity index is 2.28. The molecule has 0 saturated carbocycles. The summed E-state index contributed by atoms with van der Waals surface area (Å²) in [7, 11) is 0. The van der Waals surface area contributed by atoms with Gasteiger partial charge in [0, 0.05) is 17.8 Å². The molecule has 0 saturated heterocycles. The van der Waals surface area contributed by atoms with Crippen molar-refractivity contribution in [2.75, 3.05) is 5.32 Å². The zero-order chi connectivity index (χ0) is 14.0. The molecule has 2 rings (SSSR count). The zero-order valence-electron chi connectivity index (χ0n) is 10.1. The van der Waals surface area contributed by atoms with E-state index in [1.54, 1.807) is 6.07 Å². The average Bonchev–Trinajstić information content (AvgIpc) is 2.33. The maximum Gasteiger partial charge on any atom is 0.258 e. The van der Waals surface area contributed by atoms with Crippen LogP contribution in [0.15, 0.2) is 36.4 Å². The van der Waals surface area contributed by atoms with Crippen LogP contribution in [0, 0.1) is 18.6 Å². The Morgan fingerprint density at radius 3 is 2.58 bits per heavy atom. The van der Waals surface area contributed by atoms with Gasteiger partial charge in [0.15, 0.2) is 0 Å². The molecular weight excluding hydrogens is 252 g/mol. The third-order valence-corrected chi connectivity index (χ3v) is 2.60. The first kappa shape index (κ1) is 13.0. The number of aryl methyl sites for hydroxylation is 1. The van der Waals surface area contributed by atoms with Gasteiger partial charge >= 0.3 is 0 Å². The summed E-state index contributed by atoms with van der Waals surface area (Å²) < 4.78 is 26.6. The van der Waals surface area contributed by atoms with Gasteiger partial charge in [0.1, 0.15) is 17.4 Å². The molecule has 0 fully saturated rings. The number of carbonyl (C=O) groups is 1. The number of phenolic OH excluding ortho intramolecular Hbond substituents is 1. The fourth-order valence-electron chi connectivity index (χ4n) is 1.61.